The molecule has 0 spiro atoms. The van der Waals surface area contributed by atoms with E-state index in [-0.39, 0.29) is 24.9 Å². The molecule has 0 aromatic heterocycles. The number of amides is 2. The fourth-order valence-electron chi connectivity index (χ4n) is 3.08. The summed E-state index contributed by atoms with van der Waals surface area (Å²) in [4.78, 5) is 23.8. The number of nitrogens with one attached hydrogen (secondary N) is 3. The highest BCUT2D eigenvalue weighted by atomic mass is 19.1. The summed E-state index contributed by atoms with van der Waals surface area (Å²) in [6, 6.07) is 3.26. The maximum atomic E-state index is 13.5. The third-order valence-electron chi connectivity index (χ3n) is 4.57. The average Bonchev–Trinajstić information content (AvgIpc) is 2.59. The first-order valence-electron chi connectivity index (χ1n) is 8.68. The zero-order chi connectivity index (χ0) is 18.2. The molecule has 2 unspecified atom stereocenters. The SMILES string of the molecule is CC(CC(=O)NCCNC(=O)c1c(F)cccc1F)C1CCCNC1. The van der Waals surface area contributed by atoms with Gasteiger partial charge in [0.15, 0.2) is 0 Å². The standard InChI is InChI=1S/C18H25F2N3O2/c1-12(13-4-3-7-21-11-13)10-16(24)22-8-9-23-18(25)17-14(19)5-2-6-15(17)20/h2,5-6,12-13,21H,3-4,7-11H2,1H3,(H,22,24)(H,23,25). The van der Waals surface area contributed by atoms with Crippen LogP contribution in [0.4, 0.5) is 8.78 Å². The number of carbonyl (C=O) groups excluding carboxylic acids is 2. The van der Waals surface area contributed by atoms with Gasteiger partial charge in [0.25, 0.3) is 5.91 Å². The molecule has 1 aromatic rings. The molecule has 1 aliphatic heterocycles. The maximum absolute atomic E-state index is 13.5. The highest BCUT2D eigenvalue weighted by Gasteiger charge is 2.22. The number of carbonyl (C=O) groups is 2. The van der Waals surface area contributed by atoms with Crippen LogP contribution in [0, 0.1) is 23.5 Å². The molecule has 3 N–H and O–H groups in total. The normalized spacial score (nSPS) is 18.4. The van der Waals surface area contributed by atoms with Crippen LogP contribution in [-0.2, 0) is 4.79 Å². The Labute approximate surface area is 146 Å². The van der Waals surface area contributed by atoms with Crippen molar-refractivity contribution in [3.05, 3.63) is 35.4 Å². The van der Waals surface area contributed by atoms with Crippen LogP contribution in [0.2, 0.25) is 0 Å². The first kappa shape index (κ1) is 19.3. The summed E-state index contributed by atoms with van der Waals surface area (Å²) < 4.78 is 27.0. The summed E-state index contributed by atoms with van der Waals surface area (Å²) in [5, 5.41) is 8.47. The largest absolute Gasteiger partial charge is 0.354 e. The van der Waals surface area contributed by atoms with Crippen molar-refractivity contribution in [3.63, 3.8) is 0 Å². The Bertz CT molecular complexity index is 584. The van der Waals surface area contributed by atoms with E-state index in [1.54, 1.807) is 0 Å². The lowest BCUT2D eigenvalue weighted by Gasteiger charge is -2.28. The van der Waals surface area contributed by atoms with Crippen LogP contribution in [0.25, 0.3) is 0 Å². The zero-order valence-electron chi connectivity index (χ0n) is 14.4. The van der Waals surface area contributed by atoms with Crippen molar-refractivity contribution in [2.45, 2.75) is 26.2 Å². The molecular formula is C18H25F2N3O2. The van der Waals surface area contributed by atoms with E-state index in [4.69, 9.17) is 0 Å². The summed E-state index contributed by atoms with van der Waals surface area (Å²) in [5.74, 6) is -1.93. The molecule has 0 bridgehead atoms. The molecule has 1 heterocycles. The smallest absolute Gasteiger partial charge is 0.257 e. The van der Waals surface area contributed by atoms with Crippen LogP contribution >= 0.6 is 0 Å². The summed E-state index contributed by atoms with van der Waals surface area (Å²) in [7, 11) is 0. The van der Waals surface area contributed by atoms with Crippen LogP contribution < -0.4 is 16.0 Å². The van der Waals surface area contributed by atoms with Gasteiger partial charge in [0.2, 0.25) is 5.91 Å². The van der Waals surface area contributed by atoms with Gasteiger partial charge in [0, 0.05) is 19.5 Å². The van der Waals surface area contributed by atoms with E-state index in [1.165, 1.54) is 6.07 Å². The van der Waals surface area contributed by atoms with Gasteiger partial charge in [-0.3, -0.25) is 9.59 Å². The summed E-state index contributed by atoms with van der Waals surface area (Å²) >= 11 is 0. The predicted molar refractivity (Wildman–Crippen MR) is 91.1 cm³/mol. The molecule has 7 heteroatoms. The molecule has 1 aliphatic rings. The summed E-state index contributed by atoms with van der Waals surface area (Å²) in [6.07, 6.45) is 2.70. The molecule has 1 saturated heterocycles. The summed E-state index contributed by atoms with van der Waals surface area (Å²) in [5.41, 5.74) is -0.604. The van der Waals surface area contributed by atoms with Gasteiger partial charge in [-0.2, -0.15) is 0 Å². The molecule has 0 saturated carbocycles. The van der Waals surface area contributed by atoms with Gasteiger partial charge in [0.1, 0.15) is 17.2 Å². The van der Waals surface area contributed by atoms with Gasteiger partial charge in [0.05, 0.1) is 0 Å². The number of hydrogen-bond donors (Lipinski definition) is 3. The van der Waals surface area contributed by atoms with Crippen LogP contribution in [0.5, 0.6) is 0 Å². The molecule has 138 valence electrons. The molecule has 0 radical (unpaired) electrons. The Balaban J connectivity index is 1.68. The Morgan fingerprint density at radius 1 is 1.24 bits per heavy atom. The van der Waals surface area contributed by atoms with Crippen molar-refractivity contribution < 1.29 is 18.4 Å². The monoisotopic (exact) mass is 353 g/mol. The van der Waals surface area contributed by atoms with E-state index < -0.39 is 23.1 Å². The second kappa shape index (κ2) is 9.46. The number of benzene rings is 1. The minimum absolute atomic E-state index is 0.0793. The first-order chi connectivity index (χ1) is 12.0. The molecule has 1 aromatic carbocycles. The van der Waals surface area contributed by atoms with Gasteiger partial charge >= 0.3 is 0 Å². The van der Waals surface area contributed by atoms with Gasteiger partial charge in [-0.25, -0.2) is 8.78 Å². The minimum atomic E-state index is -0.906. The lowest BCUT2D eigenvalue weighted by atomic mass is 9.85. The highest BCUT2D eigenvalue weighted by Crippen LogP contribution is 2.22. The van der Waals surface area contributed by atoms with E-state index >= 15 is 0 Å². The highest BCUT2D eigenvalue weighted by molar-refractivity contribution is 5.94. The topological polar surface area (TPSA) is 70.2 Å². The average molecular weight is 353 g/mol. The number of halogens is 2. The maximum Gasteiger partial charge on any atom is 0.257 e. The second-order valence-corrected chi connectivity index (χ2v) is 6.49. The van der Waals surface area contributed by atoms with E-state index in [2.05, 4.69) is 22.9 Å². The van der Waals surface area contributed by atoms with E-state index in [1.807, 2.05) is 0 Å². The molecule has 1 fully saturated rings. The van der Waals surface area contributed by atoms with Crippen molar-refractivity contribution in [1.29, 1.82) is 0 Å². The Morgan fingerprint density at radius 2 is 1.92 bits per heavy atom. The third-order valence-corrected chi connectivity index (χ3v) is 4.57. The van der Waals surface area contributed by atoms with Crippen molar-refractivity contribution in [2.24, 2.45) is 11.8 Å². The quantitative estimate of drug-likeness (QED) is 0.655. The molecule has 2 rings (SSSR count). The van der Waals surface area contributed by atoms with Crippen LogP contribution in [0.1, 0.15) is 36.5 Å². The van der Waals surface area contributed by atoms with Crippen molar-refractivity contribution >= 4 is 11.8 Å². The van der Waals surface area contributed by atoms with Crippen LogP contribution in [0.15, 0.2) is 18.2 Å². The van der Waals surface area contributed by atoms with Crippen LogP contribution in [-0.4, -0.2) is 38.0 Å². The molecule has 0 aliphatic carbocycles. The molecule has 5 nitrogen and oxygen atoms in total. The van der Waals surface area contributed by atoms with E-state index in [9.17, 15) is 18.4 Å². The van der Waals surface area contributed by atoms with Gasteiger partial charge in [-0.1, -0.05) is 13.0 Å². The molecule has 25 heavy (non-hydrogen) atoms. The molecular weight excluding hydrogens is 328 g/mol. The van der Waals surface area contributed by atoms with Crippen LogP contribution in [0.3, 0.4) is 0 Å². The predicted octanol–water partition coefficient (Wildman–Crippen LogP) is 1.84. The first-order valence-corrected chi connectivity index (χ1v) is 8.68. The lowest BCUT2D eigenvalue weighted by molar-refractivity contribution is -0.122. The zero-order valence-corrected chi connectivity index (χ0v) is 14.4. The molecule has 2 amide bonds. The number of hydrogen-bond acceptors (Lipinski definition) is 3. The third kappa shape index (κ3) is 5.77. The fraction of sp³-hybridized carbons (Fsp3) is 0.556. The van der Waals surface area contributed by atoms with Crippen molar-refractivity contribution in [2.75, 3.05) is 26.2 Å². The Hall–Kier alpha value is -2.02. The summed E-state index contributed by atoms with van der Waals surface area (Å²) in [6.45, 7) is 4.38. The molecule has 2 atom stereocenters. The van der Waals surface area contributed by atoms with E-state index in [0.29, 0.717) is 12.3 Å². The van der Waals surface area contributed by atoms with Gasteiger partial charge < -0.3 is 16.0 Å². The van der Waals surface area contributed by atoms with Gasteiger partial charge in [-0.15, -0.1) is 0 Å². The van der Waals surface area contributed by atoms with Crippen molar-refractivity contribution in [3.8, 4) is 0 Å². The van der Waals surface area contributed by atoms with Gasteiger partial charge in [-0.05, 0) is 49.9 Å². The Morgan fingerprint density at radius 3 is 2.56 bits per heavy atom. The minimum Gasteiger partial charge on any atom is -0.354 e. The fourth-order valence-corrected chi connectivity index (χ4v) is 3.08. The Kier molecular flexibility index (Phi) is 7.31. The second-order valence-electron chi connectivity index (χ2n) is 6.49. The van der Waals surface area contributed by atoms with Crippen molar-refractivity contribution in [1.82, 2.24) is 16.0 Å². The van der Waals surface area contributed by atoms with E-state index in [0.717, 1.165) is 38.1 Å². The number of rotatable bonds is 7. The lowest BCUT2D eigenvalue weighted by Crippen LogP contribution is -2.38. The number of piperidine rings is 1.